The molecule has 0 aliphatic carbocycles. The number of rotatable bonds is 4. The summed E-state index contributed by atoms with van der Waals surface area (Å²) < 4.78 is 12.7. The summed E-state index contributed by atoms with van der Waals surface area (Å²) in [6.07, 6.45) is -1.52. The predicted octanol–water partition coefficient (Wildman–Crippen LogP) is 0.193. The third kappa shape index (κ3) is 2.97. The molecule has 1 aromatic carbocycles. The van der Waals surface area contributed by atoms with Gasteiger partial charge in [0.1, 0.15) is 24.1 Å². The van der Waals surface area contributed by atoms with Crippen molar-refractivity contribution < 1.29 is 24.5 Å². The van der Waals surface area contributed by atoms with Crippen LogP contribution in [0.2, 0.25) is 0 Å². The molecule has 3 aromatic rings. The highest BCUT2D eigenvalue weighted by Gasteiger charge is 2.47. The van der Waals surface area contributed by atoms with Gasteiger partial charge < -0.3 is 25.4 Å². The standard InChI is InChI=1S/C18H19N5O5/c1-9-4-2-3-5-10(9)18(26)28-14-11(6-24)27-17(13(14)25)23-8-22-12-15(19)20-7-21-16(12)23/h2-5,7-8,11,13-14,17,24-25H,6H2,1H3,(H2,19,20,21)/t11-,13-,14-,17-/m1/s1. The number of hydrogen-bond donors (Lipinski definition) is 3. The maximum atomic E-state index is 12.6. The van der Waals surface area contributed by atoms with E-state index in [9.17, 15) is 15.0 Å². The van der Waals surface area contributed by atoms with Crippen LogP contribution in [0.1, 0.15) is 22.1 Å². The fraction of sp³-hybridized carbons (Fsp3) is 0.333. The highest BCUT2D eigenvalue weighted by molar-refractivity contribution is 5.91. The van der Waals surface area contributed by atoms with Gasteiger partial charge in [-0.05, 0) is 18.6 Å². The van der Waals surface area contributed by atoms with Crippen molar-refractivity contribution in [2.75, 3.05) is 12.3 Å². The molecular formula is C18H19N5O5. The van der Waals surface area contributed by atoms with Crippen molar-refractivity contribution in [1.29, 1.82) is 0 Å². The van der Waals surface area contributed by atoms with Gasteiger partial charge >= 0.3 is 5.97 Å². The molecule has 0 unspecified atom stereocenters. The van der Waals surface area contributed by atoms with Crippen LogP contribution in [-0.2, 0) is 9.47 Å². The van der Waals surface area contributed by atoms with Gasteiger partial charge in [0.05, 0.1) is 18.5 Å². The summed E-state index contributed by atoms with van der Waals surface area (Å²) in [5.74, 6) is -0.413. The van der Waals surface area contributed by atoms with Gasteiger partial charge in [0.15, 0.2) is 23.8 Å². The second-order valence-electron chi connectivity index (χ2n) is 6.51. The number of fused-ring (bicyclic) bond motifs is 1. The number of ether oxygens (including phenoxy) is 2. The number of esters is 1. The lowest BCUT2D eigenvalue weighted by Gasteiger charge is -2.20. The van der Waals surface area contributed by atoms with E-state index in [1.165, 1.54) is 17.2 Å². The Labute approximate surface area is 159 Å². The minimum atomic E-state index is -1.25. The van der Waals surface area contributed by atoms with Gasteiger partial charge in [0.25, 0.3) is 0 Å². The number of imidazole rings is 1. The van der Waals surface area contributed by atoms with Crippen molar-refractivity contribution in [2.24, 2.45) is 0 Å². The van der Waals surface area contributed by atoms with Crippen molar-refractivity contribution in [2.45, 2.75) is 31.5 Å². The molecule has 146 valence electrons. The first-order valence-electron chi connectivity index (χ1n) is 8.65. The Kier molecular flexibility index (Phi) is 4.67. The third-order valence-corrected chi connectivity index (χ3v) is 4.76. The molecule has 28 heavy (non-hydrogen) atoms. The van der Waals surface area contributed by atoms with E-state index in [0.717, 1.165) is 5.56 Å². The van der Waals surface area contributed by atoms with Crippen LogP contribution in [0.5, 0.6) is 0 Å². The molecule has 1 fully saturated rings. The fourth-order valence-electron chi connectivity index (χ4n) is 3.29. The van der Waals surface area contributed by atoms with Crippen LogP contribution < -0.4 is 5.73 Å². The zero-order valence-corrected chi connectivity index (χ0v) is 15.0. The molecule has 0 bridgehead atoms. The Morgan fingerprint density at radius 1 is 1.32 bits per heavy atom. The number of anilines is 1. The van der Waals surface area contributed by atoms with Crippen LogP contribution in [0.3, 0.4) is 0 Å². The molecular weight excluding hydrogens is 366 g/mol. The summed E-state index contributed by atoms with van der Waals surface area (Å²) in [5, 5.41) is 20.4. The molecule has 0 amide bonds. The van der Waals surface area contributed by atoms with Gasteiger partial charge in [0, 0.05) is 0 Å². The first-order valence-corrected chi connectivity index (χ1v) is 8.65. The van der Waals surface area contributed by atoms with Crippen LogP contribution in [0.15, 0.2) is 36.9 Å². The molecule has 1 aliphatic rings. The molecule has 1 saturated heterocycles. The molecule has 0 saturated carbocycles. The topological polar surface area (TPSA) is 146 Å². The van der Waals surface area contributed by atoms with E-state index < -0.39 is 37.1 Å². The summed E-state index contributed by atoms with van der Waals surface area (Å²) in [5.41, 5.74) is 7.63. The van der Waals surface area contributed by atoms with Crippen molar-refractivity contribution in [1.82, 2.24) is 19.5 Å². The molecule has 10 heteroatoms. The molecule has 4 rings (SSSR count). The summed E-state index contributed by atoms with van der Waals surface area (Å²) in [7, 11) is 0. The summed E-state index contributed by atoms with van der Waals surface area (Å²) >= 11 is 0. The number of nitrogens with two attached hydrogens (primary N) is 1. The number of aliphatic hydroxyl groups is 2. The zero-order chi connectivity index (χ0) is 19.8. The number of aliphatic hydroxyl groups excluding tert-OH is 2. The van der Waals surface area contributed by atoms with E-state index in [0.29, 0.717) is 16.7 Å². The van der Waals surface area contributed by atoms with Crippen molar-refractivity contribution in [3.05, 3.63) is 48.0 Å². The Morgan fingerprint density at radius 3 is 2.86 bits per heavy atom. The largest absolute Gasteiger partial charge is 0.453 e. The van der Waals surface area contributed by atoms with E-state index in [1.807, 2.05) is 6.07 Å². The average molecular weight is 385 g/mol. The number of nitrogens with zero attached hydrogens (tertiary/aromatic N) is 4. The number of aryl methyl sites for hydroxylation is 1. The van der Waals surface area contributed by atoms with E-state index in [-0.39, 0.29) is 5.82 Å². The first-order chi connectivity index (χ1) is 13.5. The molecule has 0 spiro atoms. The number of hydrogen-bond acceptors (Lipinski definition) is 9. The lowest BCUT2D eigenvalue weighted by Crippen LogP contribution is -2.38. The summed E-state index contributed by atoms with van der Waals surface area (Å²) in [6, 6.07) is 6.95. The van der Waals surface area contributed by atoms with E-state index in [1.54, 1.807) is 25.1 Å². The molecule has 1 aliphatic heterocycles. The maximum Gasteiger partial charge on any atom is 0.338 e. The van der Waals surface area contributed by atoms with E-state index in [2.05, 4.69) is 15.0 Å². The smallest absolute Gasteiger partial charge is 0.338 e. The number of benzene rings is 1. The highest BCUT2D eigenvalue weighted by atomic mass is 16.6. The predicted molar refractivity (Wildman–Crippen MR) is 97.1 cm³/mol. The quantitative estimate of drug-likeness (QED) is 0.536. The Morgan fingerprint density at radius 2 is 2.11 bits per heavy atom. The second-order valence-corrected chi connectivity index (χ2v) is 6.51. The minimum absolute atomic E-state index is 0.192. The number of aromatic nitrogens is 4. The molecule has 10 nitrogen and oxygen atoms in total. The molecule has 2 aromatic heterocycles. The monoisotopic (exact) mass is 385 g/mol. The Hall–Kier alpha value is -3.08. The third-order valence-electron chi connectivity index (χ3n) is 4.76. The van der Waals surface area contributed by atoms with Gasteiger partial charge in [-0.1, -0.05) is 18.2 Å². The van der Waals surface area contributed by atoms with Crippen molar-refractivity contribution in [3.8, 4) is 0 Å². The Bertz CT molecular complexity index is 1020. The molecule has 0 radical (unpaired) electrons. The summed E-state index contributed by atoms with van der Waals surface area (Å²) in [4.78, 5) is 24.7. The average Bonchev–Trinajstić information content (AvgIpc) is 3.24. The highest BCUT2D eigenvalue weighted by Crippen LogP contribution is 2.34. The minimum Gasteiger partial charge on any atom is -0.453 e. The zero-order valence-electron chi connectivity index (χ0n) is 15.0. The number of nitrogen functional groups attached to an aromatic ring is 1. The van der Waals surface area contributed by atoms with Gasteiger partial charge in [-0.2, -0.15) is 0 Å². The van der Waals surface area contributed by atoms with Crippen LogP contribution in [0, 0.1) is 6.92 Å². The second kappa shape index (κ2) is 7.15. The molecule has 4 atom stereocenters. The van der Waals surface area contributed by atoms with E-state index >= 15 is 0 Å². The van der Waals surface area contributed by atoms with Gasteiger partial charge in [0.2, 0.25) is 0 Å². The number of carbonyl (C=O) groups is 1. The SMILES string of the molecule is Cc1ccccc1C(=O)O[C@H]1[C@@H](O)[C@H](n2cnc3c(N)ncnc32)O[C@@H]1CO. The van der Waals surface area contributed by atoms with Crippen molar-refractivity contribution in [3.63, 3.8) is 0 Å². The van der Waals surface area contributed by atoms with Crippen LogP contribution in [-0.4, -0.2) is 60.6 Å². The number of carbonyl (C=O) groups excluding carboxylic acids is 1. The summed E-state index contributed by atoms with van der Waals surface area (Å²) in [6.45, 7) is 1.34. The first kappa shape index (κ1) is 18.3. The maximum absolute atomic E-state index is 12.6. The van der Waals surface area contributed by atoms with E-state index in [4.69, 9.17) is 15.2 Å². The van der Waals surface area contributed by atoms with Crippen molar-refractivity contribution >= 4 is 23.0 Å². The fourth-order valence-corrected chi connectivity index (χ4v) is 3.29. The van der Waals surface area contributed by atoms with Crippen LogP contribution in [0.4, 0.5) is 5.82 Å². The lowest BCUT2D eigenvalue weighted by atomic mass is 10.1. The van der Waals surface area contributed by atoms with Crippen LogP contribution >= 0.6 is 0 Å². The lowest BCUT2D eigenvalue weighted by molar-refractivity contribution is -0.0529. The normalized spacial score (nSPS) is 24.5. The van der Waals surface area contributed by atoms with Crippen LogP contribution in [0.25, 0.3) is 11.2 Å². The molecule has 3 heterocycles. The molecule has 4 N–H and O–H groups in total. The van der Waals surface area contributed by atoms with Gasteiger partial charge in [-0.15, -0.1) is 0 Å². The Balaban J connectivity index is 1.62. The van der Waals surface area contributed by atoms with Gasteiger partial charge in [-0.25, -0.2) is 19.7 Å². The van der Waals surface area contributed by atoms with Gasteiger partial charge in [-0.3, -0.25) is 4.57 Å².